The molecule has 1 aliphatic carbocycles. The topological polar surface area (TPSA) is 67.8 Å². The molecule has 2 aromatic heterocycles. The Morgan fingerprint density at radius 2 is 2.13 bits per heavy atom. The summed E-state index contributed by atoms with van der Waals surface area (Å²) in [6.07, 6.45) is 4.29. The predicted molar refractivity (Wildman–Crippen MR) is 94.6 cm³/mol. The molecule has 2 heterocycles. The third-order valence-corrected chi connectivity index (χ3v) is 6.26. The van der Waals surface area contributed by atoms with Crippen molar-refractivity contribution in [1.82, 2.24) is 19.1 Å². The van der Waals surface area contributed by atoms with Crippen molar-refractivity contribution in [3.8, 4) is 11.4 Å². The Morgan fingerprint density at radius 1 is 1.39 bits per heavy atom. The first kappa shape index (κ1) is 16.7. The second-order valence-electron chi connectivity index (χ2n) is 6.92. The van der Waals surface area contributed by atoms with Gasteiger partial charge in [0, 0.05) is 23.4 Å². The summed E-state index contributed by atoms with van der Waals surface area (Å²) >= 11 is 1.36. The molecule has 124 valence electrons. The van der Waals surface area contributed by atoms with E-state index >= 15 is 0 Å². The summed E-state index contributed by atoms with van der Waals surface area (Å²) in [7, 11) is -1.13. The van der Waals surface area contributed by atoms with Crippen molar-refractivity contribution < 1.29 is 4.21 Å². The predicted octanol–water partition coefficient (Wildman–Crippen LogP) is 3.59. The Bertz CT molecular complexity index is 719. The minimum Gasteiger partial charge on any atom is -0.261 e. The smallest absolute Gasteiger partial charge is 0.173 e. The van der Waals surface area contributed by atoms with Gasteiger partial charge in [-0.15, -0.1) is 0 Å². The number of hydrogen-bond acceptors (Lipinski definition) is 5. The fourth-order valence-electron chi connectivity index (χ4n) is 2.11. The van der Waals surface area contributed by atoms with Crippen molar-refractivity contribution in [3.05, 3.63) is 29.0 Å². The first-order valence-electron chi connectivity index (χ1n) is 7.82. The highest BCUT2D eigenvalue weighted by atomic mass is 32.2. The molecule has 1 aliphatic rings. The van der Waals surface area contributed by atoms with Crippen LogP contribution in [0.5, 0.6) is 0 Å². The van der Waals surface area contributed by atoms with Gasteiger partial charge in [-0.2, -0.15) is 4.37 Å². The van der Waals surface area contributed by atoms with Crippen molar-refractivity contribution in [1.29, 1.82) is 0 Å². The highest BCUT2D eigenvalue weighted by Crippen LogP contribution is 2.39. The van der Waals surface area contributed by atoms with Gasteiger partial charge in [0.05, 0.1) is 21.8 Å². The lowest BCUT2D eigenvalue weighted by Gasteiger charge is -2.20. The molecule has 2 aromatic rings. The zero-order valence-corrected chi connectivity index (χ0v) is 15.5. The Balaban J connectivity index is 1.75. The Labute approximate surface area is 143 Å². The fraction of sp³-hybridized carbons (Fsp3) is 0.562. The Hall–Kier alpha value is -1.18. The van der Waals surface area contributed by atoms with E-state index in [2.05, 4.69) is 25.1 Å². The van der Waals surface area contributed by atoms with Crippen molar-refractivity contribution in [3.63, 3.8) is 0 Å². The molecule has 3 rings (SSSR count). The van der Waals surface area contributed by atoms with Crippen LogP contribution in [0.2, 0.25) is 0 Å². The van der Waals surface area contributed by atoms with Crippen LogP contribution in [0.3, 0.4) is 0 Å². The molecule has 1 saturated carbocycles. The van der Waals surface area contributed by atoms with Crippen molar-refractivity contribution in [2.75, 3.05) is 0 Å². The summed E-state index contributed by atoms with van der Waals surface area (Å²) in [5, 5.41) is 0.849. The summed E-state index contributed by atoms with van der Waals surface area (Å²) < 4.78 is 19.5. The molecule has 1 N–H and O–H groups in total. The zero-order valence-electron chi connectivity index (χ0n) is 13.9. The number of nitrogens with one attached hydrogen (secondary N) is 1. The van der Waals surface area contributed by atoms with E-state index in [4.69, 9.17) is 0 Å². The molecule has 0 saturated heterocycles. The quantitative estimate of drug-likeness (QED) is 0.895. The van der Waals surface area contributed by atoms with Gasteiger partial charge in [-0.25, -0.2) is 13.9 Å². The fourth-order valence-corrected chi connectivity index (χ4v) is 3.64. The molecule has 0 bridgehead atoms. The minimum absolute atomic E-state index is 0.0916. The molecule has 0 unspecified atom stereocenters. The van der Waals surface area contributed by atoms with Gasteiger partial charge in [0.25, 0.3) is 0 Å². The lowest BCUT2D eigenvalue weighted by molar-refractivity contribution is 0.615. The van der Waals surface area contributed by atoms with E-state index in [0.717, 1.165) is 22.1 Å². The van der Waals surface area contributed by atoms with Gasteiger partial charge < -0.3 is 0 Å². The lowest BCUT2D eigenvalue weighted by atomic mass is 10.2. The minimum atomic E-state index is -1.13. The van der Waals surface area contributed by atoms with Crippen LogP contribution in [0.25, 0.3) is 11.4 Å². The standard InChI is InChI=1S/C16H22N4OS2/c1-10(20-23(21)16(2,3)4)15-18-14(19-22-15)12-7-8-17-13(9-12)11-5-6-11/h7-11,20H,5-6H2,1-4H3/t10-,23+/m1/s1. The third kappa shape index (κ3) is 4.02. The van der Waals surface area contributed by atoms with Crippen molar-refractivity contribution >= 4 is 22.5 Å². The van der Waals surface area contributed by atoms with Crippen LogP contribution in [-0.2, 0) is 11.0 Å². The zero-order chi connectivity index (χ0) is 16.6. The molecule has 0 spiro atoms. The van der Waals surface area contributed by atoms with Crippen LogP contribution in [0, 0.1) is 0 Å². The third-order valence-electron chi connectivity index (χ3n) is 3.69. The molecule has 0 aliphatic heterocycles. The summed E-state index contributed by atoms with van der Waals surface area (Å²) in [4.78, 5) is 9.05. The van der Waals surface area contributed by atoms with E-state index in [1.165, 1.54) is 24.4 Å². The van der Waals surface area contributed by atoms with Crippen LogP contribution in [-0.4, -0.2) is 23.3 Å². The monoisotopic (exact) mass is 350 g/mol. The van der Waals surface area contributed by atoms with E-state index in [-0.39, 0.29) is 10.8 Å². The van der Waals surface area contributed by atoms with Gasteiger partial charge in [0.2, 0.25) is 0 Å². The van der Waals surface area contributed by atoms with Crippen molar-refractivity contribution in [2.24, 2.45) is 0 Å². The van der Waals surface area contributed by atoms with E-state index in [1.807, 2.05) is 40.0 Å². The van der Waals surface area contributed by atoms with E-state index in [0.29, 0.717) is 5.92 Å². The highest BCUT2D eigenvalue weighted by Gasteiger charge is 2.26. The van der Waals surface area contributed by atoms with Gasteiger partial charge in [-0.3, -0.25) is 4.98 Å². The lowest BCUT2D eigenvalue weighted by Crippen LogP contribution is -2.34. The van der Waals surface area contributed by atoms with E-state index in [9.17, 15) is 4.21 Å². The number of pyridine rings is 1. The number of aromatic nitrogens is 3. The average Bonchev–Trinajstić information content (AvgIpc) is 3.23. The number of rotatable bonds is 5. The number of hydrogen-bond donors (Lipinski definition) is 1. The molecular formula is C16H22N4OS2. The van der Waals surface area contributed by atoms with Gasteiger partial charge in [-0.05, 0) is 64.2 Å². The maximum Gasteiger partial charge on any atom is 0.173 e. The molecule has 7 heteroatoms. The van der Waals surface area contributed by atoms with Crippen LogP contribution in [0.4, 0.5) is 0 Å². The van der Waals surface area contributed by atoms with Crippen LogP contribution >= 0.6 is 11.5 Å². The molecule has 0 aromatic carbocycles. The van der Waals surface area contributed by atoms with Gasteiger partial charge in [-0.1, -0.05) is 0 Å². The SMILES string of the molecule is C[C@@H](N[S@@](=O)C(C)(C)C)c1nc(-c2ccnc(C3CC3)c2)ns1. The molecule has 0 amide bonds. The first-order valence-corrected chi connectivity index (χ1v) is 9.75. The van der Waals surface area contributed by atoms with Gasteiger partial charge in [0.1, 0.15) is 5.01 Å². The summed E-state index contributed by atoms with van der Waals surface area (Å²) in [5.41, 5.74) is 2.15. The summed E-state index contributed by atoms with van der Waals surface area (Å²) in [5.74, 6) is 1.34. The molecule has 0 radical (unpaired) electrons. The average molecular weight is 351 g/mol. The maximum absolute atomic E-state index is 12.2. The van der Waals surface area contributed by atoms with Crippen LogP contribution in [0.15, 0.2) is 18.3 Å². The molecule has 23 heavy (non-hydrogen) atoms. The second kappa shape index (κ2) is 6.37. The van der Waals surface area contributed by atoms with E-state index < -0.39 is 11.0 Å². The molecule has 1 fully saturated rings. The summed E-state index contributed by atoms with van der Waals surface area (Å²) in [6, 6.07) is 3.95. The normalized spacial score (nSPS) is 17.9. The molecule has 2 atom stereocenters. The van der Waals surface area contributed by atoms with Gasteiger partial charge in [0.15, 0.2) is 5.82 Å². The maximum atomic E-state index is 12.2. The second-order valence-corrected chi connectivity index (χ2v) is 9.70. The molecular weight excluding hydrogens is 328 g/mol. The summed E-state index contributed by atoms with van der Waals surface area (Å²) in [6.45, 7) is 7.82. The van der Waals surface area contributed by atoms with E-state index in [1.54, 1.807) is 0 Å². The van der Waals surface area contributed by atoms with Crippen LogP contribution < -0.4 is 4.72 Å². The highest BCUT2D eigenvalue weighted by molar-refractivity contribution is 7.84. The number of nitrogens with zero attached hydrogens (tertiary/aromatic N) is 3. The molecule has 5 nitrogen and oxygen atoms in total. The Kier molecular flexibility index (Phi) is 4.62. The van der Waals surface area contributed by atoms with Gasteiger partial charge >= 0.3 is 0 Å². The van der Waals surface area contributed by atoms with Crippen LogP contribution in [0.1, 0.15) is 63.2 Å². The largest absolute Gasteiger partial charge is 0.261 e. The first-order chi connectivity index (χ1) is 10.8. The van der Waals surface area contributed by atoms with Crippen molar-refractivity contribution in [2.45, 2.75) is 57.2 Å². The Morgan fingerprint density at radius 3 is 2.78 bits per heavy atom.